The second-order valence-electron chi connectivity index (χ2n) is 9.81. The molecule has 16 nitrogen and oxygen atoms in total. The number of nitrogens with one attached hydrogen (secondary N) is 4. The molecule has 5 unspecified atom stereocenters. The Morgan fingerprint density at radius 1 is 0.952 bits per heavy atom. The molecule has 14 N–H and O–H groups in total. The fraction of sp³-hybridized carbons (Fsp3) is 0.462. The maximum Gasteiger partial charge on any atom is 0.326 e. The van der Waals surface area contributed by atoms with Crippen molar-refractivity contribution in [3.63, 3.8) is 0 Å². The van der Waals surface area contributed by atoms with Gasteiger partial charge in [0.1, 0.15) is 18.1 Å². The lowest BCUT2D eigenvalue weighted by Gasteiger charge is -2.26. The molecule has 5 atom stereocenters. The van der Waals surface area contributed by atoms with E-state index < -0.39 is 59.9 Å². The van der Waals surface area contributed by atoms with E-state index in [0.29, 0.717) is 12.0 Å². The van der Waals surface area contributed by atoms with Crippen molar-refractivity contribution in [2.75, 3.05) is 6.54 Å². The van der Waals surface area contributed by atoms with Gasteiger partial charge in [0.15, 0.2) is 5.96 Å². The van der Waals surface area contributed by atoms with E-state index in [9.17, 15) is 34.2 Å². The molecule has 1 aromatic heterocycles. The van der Waals surface area contributed by atoms with E-state index in [-0.39, 0.29) is 38.2 Å². The number of nitrogens with zero attached hydrogens (tertiary/aromatic N) is 1. The van der Waals surface area contributed by atoms with Crippen molar-refractivity contribution in [1.29, 1.82) is 0 Å². The van der Waals surface area contributed by atoms with Crippen molar-refractivity contribution in [2.24, 2.45) is 27.9 Å². The summed E-state index contributed by atoms with van der Waals surface area (Å²) in [5.41, 5.74) is 23.0. The number of aliphatic hydroxyl groups is 1. The Balaban J connectivity index is 2.23. The number of hydrogen-bond donors (Lipinski definition) is 10. The van der Waals surface area contributed by atoms with Gasteiger partial charge in [-0.1, -0.05) is 18.2 Å². The lowest BCUT2D eigenvalue weighted by Crippen LogP contribution is -2.60. The minimum absolute atomic E-state index is 0.0749. The molecule has 0 spiro atoms. The maximum absolute atomic E-state index is 13.3. The molecule has 4 amide bonds. The summed E-state index contributed by atoms with van der Waals surface area (Å²) in [6.45, 7) is 1.51. The van der Waals surface area contributed by atoms with E-state index >= 15 is 0 Å². The minimum Gasteiger partial charge on any atom is -0.480 e. The number of nitrogens with two attached hydrogens (primary N) is 4. The third-order valence-electron chi connectivity index (χ3n) is 6.39. The zero-order valence-corrected chi connectivity index (χ0v) is 23.2. The molecule has 42 heavy (non-hydrogen) atoms. The average molecular weight is 590 g/mol. The highest BCUT2D eigenvalue weighted by atomic mass is 16.4. The van der Waals surface area contributed by atoms with Gasteiger partial charge in [0.2, 0.25) is 23.6 Å². The number of primary amides is 1. The molecule has 0 radical (unpaired) electrons. The number of amides is 4. The Hall–Kier alpha value is -4.70. The number of aromatic amines is 1. The fourth-order valence-electron chi connectivity index (χ4n) is 4.12. The molecule has 230 valence electrons. The van der Waals surface area contributed by atoms with Crippen LogP contribution in [0.4, 0.5) is 0 Å². The summed E-state index contributed by atoms with van der Waals surface area (Å²) in [5.74, 6) is -4.75. The first-order valence-corrected chi connectivity index (χ1v) is 13.3. The van der Waals surface area contributed by atoms with Crippen LogP contribution >= 0.6 is 0 Å². The van der Waals surface area contributed by atoms with Crippen LogP contribution in [0.2, 0.25) is 0 Å². The summed E-state index contributed by atoms with van der Waals surface area (Å²) in [6.07, 6.45) is 0.191. The second kappa shape index (κ2) is 15.9. The maximum atomic E-state index is 13.3. The summed E-state index contributed by atoms with van der Waals surface area (Å²) in [5, 5.41) is 27.8. The van der Waals surface area contributed by atoms with Crippen LogP contribution in [0.3, 0.4) is 0 Å². The van der Waals surface area contributed by atoms with E-state index in [0.717, 1.165) is 10.9 Å². The van der Waals surface area contributed by atoms with Gasteiger partial charge in [0, 0.05) is 36.5 Å². The first kappa shape index (κ1) is 33.5. The van der Waals surface area contributed by atoms with Crippen LogP contribution in [0.25, 0.3) is 10.9 Å². The Labute approximate surface area is 241 Å². The monoisotopic (exact) mass is 589 g/mol. The Morgan fingerprint density at radius 2 is 1.62 bits per heavy atom. The molecule has 0 fully saturated rings. The highest BCUT2D eigenvalue weighted by Gasteiger charge is 2.33. The van der Waals surface area contributed by atoms with Crippen molar-refractivity contribution >= 4 is 46.5 Å². The Kier molecular flexibility index (Phi) is 12.7. The second-order valence-corrected chi connectivity index (χ2v) is 9.81. The van der Waals surface area contributed by atoms with Crippen molar-refractivity contribution in [1.82, 2.24) is 20.9 Å². The molecule has 0 saturated heterocycles. The number of aliphatic imine (C=N–C) groups is 1. The number of benzene rings is 1. The van der Waals surface area contributed by atoms with Crippen molar-refractivity contribution in [3.05, 3.63) is 36.0 Å². The van der Waals surface area contributed by atoms with Gasteiger partial charge in [-0.15, -0.1) is 0 Å². The van der Waals surface area contributed by atoms with Crippen molar-refractivity contribution in [2.45, 2.75) is 69.3 Å². The fourth-order valence-corrected chi connectivity index (χ4v) is 4.12. The smallest absolute Gasteiger partial charge is 0.326 e. The molecule has 0 aliphatic heterocycles. The summed E-state index contributed by atoms with van der Waals surface area (Å²) in [7, 11) is 0. The molecule has 1 aromatic carbocycles. The van der Waals surface area contributed by atoms with E-state index in [4.69, 9.17) is 22.9 Å². The number of rotatable bonds is 17. The van der Waals surface area contributed by atoms with Crippen LogP contribution in [0.5, 0.6) is 0 Å². The largest absolute Gasteiger partial charge is 0.480 e. The summed E-state index contributed by atoms with van der Waals surface area (Å²) >= 11 is 0. The number of carboxylic acid groups (broad SMARTS) is 1. The van der Waals surface area contributed by atoms with E-state index in [1.807, 2.05) is 12.1 Å². The summed E-state index contributed by atoms with van der Waals surface area (Å²) in [4.78, 5) is 69.0. The molecule has 2 aromatic rings. The zero-order valence-electron chi connectivity index (χ0n) is 23.2. The number of H-pyrrole nitrogens is 1. The zero-order chi connectivity index (χ0) is 31.4. The quantitative estimate of drug-likeness (QED) is 0.0516. The normalized spacial score (nSPS) is 14.5. The molecule has 0 bridgehead atoms. The number of guanidine groups is 1. The third-order valence-corrected chi connectivity index (χ3v) is 6.39. The number of aromatic nitrogens is 1. The first-order valence-electron chi connectivity index (χ1n) is 13.3. The average Bonchev–Trinajstić information content (AvgIpc) is 3.33. The number of fused-ring (bicyclic) bond motifs is 1. The lowest BCUT2D eigenvalue weighted by atomic mass is 10.0. The molecule has 0 aliphatic rings. The van der Waals surface area contributed by atoms with Crippen LogP contribution in [-0.4, -0.2) is 87.6 Å². The highest BCUT2D eigenvalue weighted by Crippen LogP contribution is 2.19. The molecular weight excluding hydrogens is 550 g/mol. The van der Waals surface area contributed by atoms with Gasteiger partial charge >= 0.3 is 5.97 Å². The molecule has 16 heteroatoms. The predicted octanol–water partition coefficient (Wildman–Crippen LogP) is -2.72. The summed E-state index contributed by atoms with van der Waals surface area (Å²) < 4.78 is 0. The number of aliphatic carboxylic acids is 1. The SMILES string of the molecule is CC(O)C(NC(=O)C(N)CCCN=C(N)N)C(=O)NC(Cc1c[nH]c2ccccc12)C(=O)NC(CCC(N)=O)C(=O)O. The van der Waals surface area contributed by atoms with Crippen LogP contribution in [0.15, 0.2) is 35.5 Å². The van der Waals surface area contributed by atoms with Gasteiger partial charge in [-0.3, -0.25) is 24.2 Å². The Bertz CT molecular complexity index is 1290. The molecule has 0 saturated carbocycles. The van der Waals surface area contributed by atoms with Gasteiger partial charge in [-0.25, -0.2) is 4.79 Å². The molecule has 2 rings (SSSR count). The highest BCUT2D eigenvalue weighted by molar-refractivity contribution is 5.95. The number of carboxylic acids is 1. The van der Waals surface area contributed by atoms with Crippen molar-refractivity contribution < 1.29 is 34.2 Å². The molecule has 0 aliphatic carbocycles. The minimum atomic E-state index is -1.50. The van der Waals surface area contributed by atoms with Gasteiger partial charge in [-0.2, -0.15) is 0 Å². The van der Waals surface area contributed by atoms with Crippen molar-refractivity contribution in [3.8, 4) is 0 Å². The van der Waals surface area contributed by atoms with Crippen LogP contribution in [0, 0.1) is 0 Å². The lowest BCUT2D eigenvalue weighted by molar-refractivity contribution is -0.142. The summed E-state index contributed by atoms with van der Waals surface area (Å²) in [6, 6.07) is 1.89. The number of carbonyl (C=O) groups is 5. The number of para-hydroxylation sites is 1. The van der Waals surface area contributed by atoms with Crippen LogP contribution in [-0.2, 0) is 30.4 Å². The number of aliphatic hydroxyl groups excluding tert-OH is 1. The topological polar surface area (TPSA) is 294 Å². The van der Waals surface area contributed by atoms with E-state index in [1.165, 1.54) is 6.92 Å². The predicted molar refractivity (Wildman–Crippen MR) is 153 cm³/mol. The van der Waals surface area contributed by atoms with E-state index in [1.54, 1.807) is 18.3 Å². The first-order chi connectivity index (χ1) is 19.8. The van der Waals surface area contributed by atoms with Crippen LogP contribution in [0.1, 0.15) is 38.2 Å². The van der Waals surface area contributed by atoms with Gasteiger partial charge in [0.25, 0.3) is 0 Å². The number of carbonyl (C=O) groups excluding carboxylic acids is 4. The van der Waals surface area contributed by atoms with Gasteiger partial charge < -0.3 is 54.1 Å². The standard InChI is InChI=1S/C26H39N9O7/c1-13(36)21(35-22(38)16(27)6-4-10-31-26(29)30)24(40)34-19(11-14-12-32-17-7-3-2-5-15(14)17)23(39)33-18(25(41)42)8-9-20(28)37/h2-3,5,7,12-13,16,18-19,21,32,36H,4,6,8-11,27H2,1H3,(H2,28,37)(H,33,39)(H,34,40)(H,35,38)(H,41,42)(H4,29,30,31). The molecular formula is C26H39N9O7. The molecule has 1 heterocycles. The van der Waals surface area contributed by atoms with Gasteiger partial charge in [0.05, 0.1) is 12.1 Å². The Morgan fingerprint density at radius 3 is 2.24 bits per heavy atom. The van der Waals surface area contributed by atoms with Crippen LogP contribution < -0.4 is 38.9 Å². The van der Waals surface area contributed by atoms with E-state index in [2.05, 4.69) is 25.9 Å². The number of hydrogen-bond acceptors (Lipinski definition) is 8. The third kappa shape index (κ3) is 10.4. The van der Waals surface area contributed by atoms with Gasteiger partial charge in [-0.05, 0) is 37.8 Å².